The van der Waals surface area contributed by atoms with Crippen LogP contribution in [0, 0.1) is 17.2 Å². The van der Waals surface area contributed by atoms with Gasteiger partial charge in [-0.2, -0.15) is 5.26 Å². The highest BCUT2D eigenvalue weighted by Crippen LogP contribution is 2.24. The number of hydrazine groups is 1. The molecule has 1 heterocycles. The second-order valence-corrected chi connectivity index (χ2v) is 6.58. The number of aromatic nitrogens is 2. The normalized spacial score (nSPS) is 11.3. The molecule has 116 valence electrons. The lowest BCUT2D eigenvalue weighted by Crippen LogP contribution is -2.31. The van der Waals surface area contributed by atoms with Crippen LogP contribution >= 0.6 is 0 Å². The zero-order valence-corrected chi connectivity index (χ0v) is 13.6. The molecule has 6 nitrogen and oxygen atoms in total. The van der Waals surface area contributed by atoms with Crippen LogP contribution in [0.3, 0.4) is 0 Å². The first-order chi connectivity index (χ1) is 9.77. The smallest absolute Gasteiger partial charge is 0.145 e. The molecule has 0 aromatic carbocycles. The molecule has 0 aliphatic carbocycles. The van der Waals surface area contributed by atoms with E-state index in [1.54, 1.807) is 0 Å². The summed E-state index contributed by atoms with van der Waals surface area (Å²) in [6.45, 7) is 12.0. The quantitative estimate of drug-likeness (QED) is 0.617. The highest BCUT2D eigenvalue weighted by atomic mass is 15.3. The van der Waals surface area contributed by atoms with Crippen LogP contribution in [-0.2, 0) is 5.41 Å². The minimum atomic E-state index is -0.166. The van der Waals surface area contributed by atoms with Crippen molar-refractivity contribution < 1.29 is 0 Å². The second-order valence-electron chi connectivity index (χ2n) is 6.58. The molecule has 1 rings (SSSR count). The van der Waals surface area contributed by atoms with Gasteiger partial charge >= 0.3 is 0 Å². The summed E-state index contributed by atoms with van der Waals surface area (Å²) >= 11 is 0. The van der Waals surface area contributed by atoms with Crippen LogP contribution < -0.4 is 16.2 Å². The molecular weight excluding hydrogens is 264 g/mol. The Labute approximate surface area is 127 Å². The lowest BCUT2D eigenvalue weighted by atomic mass is 9.96. The number of anilines is 2. The molecule has 0 amide bonds. The summed E-state index contributed by atoms with van der Waals surface area (Å²) in [5, 5.41) is 8.84. The maximum atomic E-state index is 8.84. The Hall–Kier alpha value is -1.87. The fraction of sp³-hybridized carbons (Fsp3) is 0.667. The molecule has 0 atom stereocenters. The Kier molecular flexibility index (Phi) is 5.91. The van der Waals surface area contributed by atoms with Crippen molar-refractivity contribution in [1.29, 1.82) is 5.26 Å². The largest absolute Gasteiger partial charge is 0.355 e. The zero-order chi connectivity index (χ0) is 16.0. The lowest BCUT2D eigenvalue weighted by Gasteiger charge is -2.27. The SMILES string of the molecule is CC(C)CN(CCC#N)c1cc(NN)nc(C(C)(C)C)n1. The molecular formula is C15H26N6. The van der Waals surface area contributed by atoms with Gasteiger partial charge in [-0.25, -0.2) is 15.8 Å². The second kappa shape index (κ2) is 7.23. The van der Waals surface area contributed by atoms with Gasteiger partial charge in [-0.05, 0) is 5.92 Å². The van der Waals surface area contributed by atoms with Crippen molar-refractivity contribution in [1.82, 2.24) is 9.97 Å². The summed E-state index contributed by atoms with van der Waals surface area (Å²) in [5.41, 5.74) is 2.44. The van der Waals surface area contributed by atoms with Crippen LogP contribution in [0.2, 0.25) is 0 Å². The van der Waals surface area contributed by atoms with Crippen LogP contribution in [0.5, 0.6) is 0 Å². The van der Waals surface area contributed by atoms with E-state index in [4.69, 9.17) is 11.1 Å². The van der Waals surface area contributed by atoms with Gasteiger partial charge in [-0.15, -0.1) is 0 Å². The van der Waals surface area contributed by atoms with Gasteiger partial charge in [0, 0.05) is 24.6 Å². The fourth-order valence-electron chi connectivity index (χ4n) is 1.93. The summed E-state index contributed by atoms with van der Waals surface area (Å²) < 4.78 is 0. The molecule has 0 spiro atoms. The van der Waals surface area contributed by atoms with E-state index >= 15 is 0 Å². The van der Waals surface area contributed by atoms with Crippen LogP contribution in [0.25, 0.3) is 0 Å². The number of nitrogens with one attached hydrogen (secondary N) is 1. The van der Waals surface area contributed by atoms with Crippen molar-refractivity contribution in [3.63, 3.8) is 0 Å². The third-order valence-electron chi connectivity index (χ3n) is 2.93. The predicted octanol–water partition coefficient (Wildman–Crippen LogP) is 2.44. The molecule has 0 aliphatic heterocycles. The number of nitrogen functional groups attached to an aromatic ring is 1. The highest BCUT2D eigenvalue weighted by Gasteiger charge is 2.21. The third kappa shape index (κ3) is 5.20. The highest BCUT2D eigenvalue weighted by molar-refractivity contribution is 5.49. The number of nitrogens with zero attached hydrogens (tertiary/aromatic N) is 4. The number of nitriles is 1. The maximum absolute atomic E-state index is 8.84. The summed E-state index contributed by atoms with van der Waals surface area (Å²) in [7, 11) is 0. The Morgan fingerprint density at radius 2 is 2.05 bits per heavy atom. The first-order valence-corrected chi connectivity index (χ1v) is 7.26. The number of rotatable bonds is 6. The number of nitrogens with two attached hydrogens (primary N) is 1. The minimum absolute atomic E-state index is 0.166. The standard InChI is InChI=1S/C15H26N6/c1-11(2)10-21(8-6-7-16)13-9-12(20-17)18-14(19-13)15(3,4)5/h9,11H,6,8,10,17H2,1-5H3,(H,18,19,20). The fourth-order valence-corrected chi connectivity index (χ4v) is 1.93. The predicted molar refractivity (Wildman–Crippen MR) is 85.8 cm³/mol. The van der Waals surface area contributed by atoms with Gasteiger partial charge < -0.3 is 10.3 Å². The van der Waals surface area contributed by atoms with Crippen LogP contribution in [0.1, 0.15) is 46.9 Å². The first-order valence-electron chi connectivity index (χ1n) is 7.26. The van der Waals surface area contributed by atoms with E-state index < -0.39 is 0 Å². The Balaban J connectivity index is 3.19. The first kappa shape index (κ1) is 17.2. The number of hydrogen-bond donors (Lipinski definition) is 2. The molecule has 0 saturated heterocycles. The van der Waals surface area contributed by atoms with Gasteiger partial charge in [0.1, 0.15) is 17.5 Å². The third-order valence-corrected chi connectivity index (χ3v) is 2.93. The average molecular weight is 290 g/mol. The maximum Gasteiger partial charge on any atom is 0.145 e. The van der Waals surface area contributed by atoms with E-state index in [1.165, 1.54) is 0 Å². The molecule has 1 aromatic rings. The van der Waals surface area contributed by atoms with Crippen molar-refractivity contribution in [2.45, 2.75) is 46.5 Å². The van der Waals surface area contributed by atoms with Crippen LogP contribution in [0.4, 0.5) is 11.6 Å². The van der Waals surface area contributed by atoms with E-state index in [-0.39, 0.29) is 5.41 Å². The molecule has 0 aliphatic rings. The Morgan fingerprint density at radius 3 is 2.52 bits per heavy atom. The molecule has 0 bridgehead atoms. The van der Waals surface area contributed by atoms with Gasteiger partial charge in [-0.1, -0.05) is 34.6 Å². The van der Waals surface area contributed by atoms with Gasteiger partial charge in [0.25, 0.3) is 0 Å². The molecule has 0 fully saturated rings. The van der Waals surface area contributed by atoms with Gasteiger partial charge in [0.05, 0.1) is 12.5 Å². The Bertz CT molecular complexity index is 498. The van der Waals surface area contributed by atoms with E-state index in [1.807, 2.05) is 6.07 Å². The zero-order valence-electron chi connectivity index (χ0n) is 13.6. The van der Waals surface area contributed by atoms with Crippen molar-refractivity contribution in [2.24, 2.45) is 11.8 Å². The van der Waals surface area contributed by atoms with Crippen molar-refractivity contribution in [2.75, 3.05) is 23.4 Å². The Morgan fingerprint density at radius 1 is 1.38 bits per heavy atom. The van der Waals surface area contributed by atoms with Crippen molar-refractivity contribution in [3.8, 4) is 6.07 Å². The molecule has 1 aromatic heterocycles. The van der Waals surface area contributed by atoms with Crippen molar-refractivity contribution >= 4 is 11.6 Å². The summed E-state index contributed by atoms with van der Waals surface area (Å²) in [5.74, 6) is 8.14. The van der Waals surface area contributed by atoms with Crippen LogP contribution in [0.15, 0.2) is 6.07 Å². The topological polar surface area (TPSA) is 90.9 Å². The summed E-state index contributed by atoms with van der Waals surface area (Å²) in [6, 6.07) is 4.02. The lowest BCUT2D eigenvalue weighted by molar-refractivity contribution is 0.541. The molecule has 21 heavy (non-hydrogen) atoms. The summed E-state index contributed by atoms with van der Waals surface area (Å²) in [6.07, 6.45) is 0.465. The molecule has 0 saturated carbocycles. The molecule has 3 N–H and O–H groups in total. The van der Waals surface area contributed by atoms with Gasteiger partial charge in [0.2, 0.25) is 0 Å². The van der Waals surface area contributed by atoms with E-state index in [0.717, 1.165) is 18.2 Å². The van der Waals surface area contributed by atoms with Crippen LogP contribution in [-0.4, -0.2) is 23.1 Å². The minimum Gasteiger partial charge on any atom is -0.355 e. The van der Waals surface area contributed by atoms with Gasteiger partial charge in [0.15, 0.2) is 0 Å². The summed E-state index contributed by atoms with van der Waals surface area (Å²) in [4.78, 5) is 11.2. The monoisotopic (exact) mass is 290 g/mol. The number of hydrogen-bond acceptors (Lipinski definition) is 6. The van der Waals surface area contributed by atoms with Crippen molar-refractivity contribution in [3.05, 3.63) is 11.9 Å². The molecule has 0 radical (unpaired) electrons. The molecule has 0 unspecified atom stereocenters. The van der Waals surface area contributed by atoms with E-state index in [9.17, 15) is 0 Å². The molecule has 6 heteroatoms. The average Bonchev–Trinajstić information content (AvgIpc) is 2.41. The van der Waals surface area contributed by atoms with E-state index in [2.05, 4.69) is 61.0 Å². The van der Waals surface area contributed by atoms with Gasteiger partial charge in [-0.3, -0.25) is 0 Å². The van der Waals surface area contributed by atoms with E-state index in [0.29, 0.717) is 24.7 Å².